The van der Waals surface area contributed by atoms with Crippen LogP contribution in [0, 0.1) is 46.3 Å². The van der Waals surface area contributed by atoms with Crippen LogP contribution in [0.15, 0.2) is 11.6 Å². The highest BCUT2D eigenvalue weighted by Gasteiger charge is 2.69. The third-order valence-corrected chi connectivity index (χ3v) is 10.7. The zero-order chi connectivity index (χ0) is 23.0. The molecule has 32 heavy (non-hydrogen) atoms. The number of aliphatic hydroxyl groups is 1. The Balaban J connectivity index is 1.44. The number of fused-ring (bicyclic) bond motifs is 7. The van der Waals surface area contributed by atoms with Gasteiger partial charge in [0.05, 0.1) is 24.7 Å². The van der Waals surface area contributed by atoms with Gasteiger partial charge in [-0.1, -0.05) is 32.4 Å². The fourth-order valence-corrected chi connectivity index (χ4v) is 9.18. The second kappa shape index (κ2) is 7.79. The molecule has 0 bridgehead atoms. The summed E-state index contributed by atoms with van der Waals surface area (Å²) in [5, 5.41) is 20.8. The average molecular weight is 449 g/mol. The highest BCUT2D eigenvalue weighted by atomic mass is 16.7. The van der Waals surface area contributed by atoms with E-state index in [1.54, 1.807) is 14.2 Å². The molecule has 4 aliphatic carbocycles. The number of hydrogen-bond donors (Lipinski definition) is 2. The number of carboxylic acids is 1. The zero-order valence-corrected chi connectivity index (χ0v) is 20.1. The van der Waals surface area contributed by atoms with Gasteiger partial charge in [0, 0.05) is 31.5 Å². The van der Waals surface area contributed by atoms with Crippen molar-refractivity contribution in [1.82, 2.24) is 0 Å². The van der Waals surface area contributed by atoms with E-state index >= 15 is 0 Å². The Labute approximate surface area is 191 Å². The maximum Gasteiger partial charge on any atom is 0.303 e. The number of epoxide rings is 1. The Hall–Kier alpha value is -0.950. The van der Waals surface area contributed by atoms with Crippen LogP contribution in [0.25, 0.3) is 0 Å². The molecule has 6 nitrogen and oxygen atoms in total. The molecule has 0 spiro atoms. The van der Waals surface area contributed by atoms with Gasteiger partial charge in [-0.25, -0.2) is 0 Å². The van der Waals surface area contributed by atoms with Crippen LogP contribution in [0.5, 0.6) is 0 Å². The molecule has 2 N–H and O–H groups in total. The van der Waals surface area contributed by atoms with Gasteiger partial charge in [0.15, 0.2) is 6.29 Å². The van der Waals surface area contributed by atoms with Crippen molar-refractivity contribution in [3.8, 4) is 0 Å². The first kappa shape index (κ1) is 22.8. The summed E-state index contributed by atoms with van der Waals surface area (Å²) in [4.78, 5) is 11.4. The first-order valence-corrected chi connectivity index (χ1v) is 12.5. The Bertz CT molecular complexity index is 791. The van der Waals surface area contributed by atoms with Crippen LogP contribution in [0.2, 0.25) is 0 Å². The molecule has 4 fully saturated rings. The van der Waals surface area contributed by atoms with Gasteiger partial charge in [0.1, 0.15) is 0 Å². The maximum absolute atomic E-state index is 11.4. The second-order valence-electron chi connectivity index (χ2n) is 11.8. The van der Waals surface area contributed by atoms with Gasteiger partial charge in [0.25, 0.3) is 0 Å². The minimum absolute atomic E-state index is 0.0335. The number of ether oxygens (including phenoxy) is 3. The molecule has 4 unspecified atom stereocenters. The molecule has 5 rings (SSSR count). The number of aliphatic hydroxyl groups excluding tert-OH is 1. The van der Waals surface area contributed by atoms with Crippen molar-refractivity contribution in [2.24, 2.45) is 46.3 Å². The second-order valence-corrected chi connectivity index (χ2v) is 11.8. The lowest BCUT2D eigenvalue weighted by Crippen LogP contribution is -2.57. The van der Waals surface area contributed by atoms with E-state index in [0.717, 1.165) is 32.1 Å². The molecule has 180 valence electrons. The minimum atomic E-state index is -0.757. The lowest BCUT2D eigenvalue weighted by Gasteiger charge is -2.59. The lowest BCUT2D eigenvalue weighted by molar-refractivity contribution is -0.164. The maximum atomic E-state index is 11.4. The quantitative estimate of drug-likeness (QED) is 0.364. The third kappa shape index (κ3) is 3.09. The predicted octanol–water partition coefficient (Wildman–Crippen LogP) is 3.87. The molecule has 0 aromatic rings. The Kier molecular flexibility index (Phi) is 5.56. The van der Waals surface area contributed by atoms with Crippen LogP contribution in [-0.4, -0.2) is 55.0 Å². The summed E-state index contributed by atoms with van der Waals surface area (Å²) in [6.45, 7) is 7.04. The van der Waals surface area contributed by atoms with Crippen molar-refractivity contribution in [2.45, 2.75) is 83.9 Å². The van der Waals surface area contributed by atoms with E-state index < -0.39 is 12.1 Å². The van der Waals surface area contributed by atoms with Crippen LogP contribution in [0.1, 0.15) is 59.3 Å². The van der Waals surface area contributed by atoms with E-state index in [1.165, 1.54) is 5.57 Å². The van der Waals surface area contributed by atoms with Crippen molar-refractivity contribution in [3.63, 3.8) is 0 Å². The number of hydrogen-bond acceptors (Lipinski definition) is 5. The SMILES string of the molecule is COC(OC)C(C)[C@H]1CCC2C3C(CC[C@@]21C)[C@]1(C)C(=C[C@H]3O)C[C@@H](CC(=O)O)[C@@H]2O[C@@H]21. The largest absolute Gasteiger partial charge is 0.481 e. The molecule has 3 saturated carbocycles. The molecule has 0 radical (unpaired) electrons. The van der Waals surface area contributed by atoms with Crippen LogP contribution in [0.4, 0.5) is 0 Å². The molecular weight excluding hydrogens is 408 g/mol. The van der Waals surface area contributed by atoms with Gasteiger partial charge in [-0.3, -0.25) is 4.79 Å². The molecule has 0 aromatic heterocycles. The molecule has 1 aliphatic heterocycles. The molecular formula is C26H40O6. The minimum Gasteiger partial charge on any atom is -0.481 e. The summed E-state index contributed by atoms with van der Waals surface area (Å²) in [5.41, 5.74) is 1.35. The summed E-state index contributed by atoms with van der Waals surface area (Å²) in [6, 6.07) is 0. The fraction of sp³-hybridized carbons (Fsp3) is 0.885. The topological polar surface area (TPSA) is 88.5 Å². The monoisotopic (exact) mass is 448 g/mol. The molecule has 0 amide bonds. The lowest BCUT2D eigenvalue weighted by atomic mass is 9.46. The summed E-state index contributed by atoms with van der Waals surface area (Å²) in [6.07, 6.45) is 7.06. The standard InChI is InChI=1S/C26H40O6/c1-13(24(30-4)31-5)16-6-7-17-21-18(8-9-25(16,17)2)26(3)15(12-19(21)27)10-14(11-20(28)29)22-23(26)32-22/h12-14,16-19,21-24,27H,6-11H2,1-5H3,(H,28,29)/t13?,14-,16+,17?,18?,19+,21?,22-,23-,25+,26-/m0/s1. The average Bonchev–Trinajstić information content (AvgIpc) is 3.47. The summed E-state index contributed by atoms with van der Waals surface area (Å²) < 4.78 is 17.4. The van der Waals surface area contributed by atoms with Crippen LogP contribution >= 0.6 is 0 Å². The van der Waals surface area contributed by atoms with Crippen molar-refractivity contribution in [3.05, 3.63) is 11.6 Å². The van der Waals surface area contributed by atoms with E-state index in [1.807, 2.05) is 0 Å². The molecule has 11 atom stereocenters. The molecule has 0 aromatic carbocycles. The smallest absolute Gasteiger partial charge is 0.303 e. The fourth-order valence-electron chi connectivity index (χ4n) is 9.18. The van der Waals surface area contributed by atoms with E-state index in [9.17, 15) is 15.0 Å². The van der Waals surface area contributed by atoms with Crippen molar-refractivity contribution >= 4 is 5.97 Å². The molecule has 5 aliphatic rings. The van der Waals surface area contributed by atoms with Gasteiger partial charge < -0.3 is 24.4 Å². The van der Waals surface area contributed by atoms with Crippen molar-refractivity contribution in [2.75, 3.05) is 14.2 Å². The van der Waals surface area contributed by atoms with E-state index in [0.29, 0.717) is 23.7 Å². The van der Waals surface area contributed by atoms with Crippen LogP contribution in [0.3, 0.4) is 0 Å². The van der Waals surface area contributed by atoms with Crippen LogP contribution < -0.4 is 0 Å². The van der Waals surface area contributed by atoms with Gasteiger partial charge in [-0.15, -0.1) is 0 Å². The third-order valence-electron chi connectivity index (χ3n) is 10.7. The first-order valence-electron chi connectivity index (χ1n) is 12.5. The van der Waals surface area contributed by atoms with Crippen molar-refractivity contribution in [1.29, 1.82) is 0 Å². The Morgan fingerprint density at radius 2 is 1.94 bits per heavy atom. The van der Waals surface area contributed by atoms with Crippen LogP contribution in [-0.2, 0) is 19.0 Å². The first-order chi connectivity index (χ1) is 15.2. The Morgan fingerprint density at radius 1 is 1.22 bits per heavy atom. The molecule has 1 saturated heterocycles. The highest BCUT2D eigenvalue weighted by Crippen LogP contribution is 2.70. The zero-order valence-electron chi connectivity index (χ0n) is 20.1. The molecule has 6 heteroatoms. The van der Waals surface area contributed by atoms with Gasteiger partial charge >= 0.3 is 5.97 Å². The summed E-state index contributed by atoms with van der Waals surface area (Å²) in [5.74, 6) is 1.21. The number of carbonyl (C=O) groups is 1. The van der Waals surface area contributed by atoms with Crippen molar-refractivity contribution < 1.29 is 29.2 Å². The molecule has 1 heterocycles. The van der Waals surface area contributed by atoms with E-state index in [4.69, 9.17) is 14.2 Å². The van der Waals surface area contributed by atoms with Gasteiger partial charge in [0.2, 0.25) is 0 Å². The number of methoxy groups -OCH3 is 2. The number of aliphatic carboxylic acids is 1. The summed E-state index contributed by atoms with van der Waals surface area (Å²) >= 11 is 0. The van der Waals surface area contributed by atoms with E-state index in [2.05, 4.69) is 26.8 Å². The predicted molar refractivity (Wildman–Crippen MR) is 119 cm³/mol. The highest BCUT2D eigenvalue weighted by molar-refractivity contribution is 5.67. The summed E-state index contributed by atoms with van der Waals surface area (Å²) in [7, 11) is 3.45. The number of rotatable bonds is 6. The van der Waals surface area contributed by atoms with Gasteiger partial charge in [-0.2, -0.15) is 0 Å². The Morgan fingerprint density at radius 3 is 2.59 bits per heavy atom. The normalized spacial score (nSPS) is 50.0. The van der Waals surface area contributed by atoms with Gasteiger partial charge in [-0.05, 0) is 61.2 Å². The van der Waals surface area contributed by atoms with E-state index in [-0.39, 0.29) is 47.6 Å². The number of carboxylic acid groups (broad SMARTS) is 1.